The first-order valence-corrected chi connectivity index (χ1v) is 14.4. The molecule has 0 amide bonds. The van der Waals surface area contributed by atoms with E-state index in [2.05, 4.69) is 15.5 Å². The molecule has 1 aliphatic heterocycles. The molecule has 0 aromatic heterocycles. The summed E-state index contributed by atoms with van der Waals surface area (Å²) in [5, 5.41) is 20.7. The number of benzene rings is 1. The van der Waals surface area contributed by atoms with E-state index < -0.39 is 5.60 Å². The molecule has 5 nitrogen and oxygen atoms in total. The van der Waals surface area contributed by atoms with Crippen molar-refractivity contribution in [3.05, 3.63) is 34.9 Å². The van der Waals surface area contributed by atoms with Crippen LogP contribution in [-0.2, 0) is 10.3 Å². The van der Waals surface area contributed by atoms with Gasteiger partial charge in [0.05, 0.1) is 5.60 Å². The molecule has 2 aliphatic rings. The lowest BCUT2D eigenvalue weighted by Gasteiger charge is -2.44. The first kappa shape index (κ1) is 28.6. The minimum absolute atomic E-state index is 0.0955. The van der Waals surface area contributed by atoms with Crippen molar-refractivity contribution in [2.24, 2.45) is 11.8 Å². The number of methoxy groups -OCH3 is 1. The maximum atomic E-state index is 12.1. The van der Waals surface area contributed by atoms with Crippen LogP contribution in [0.1, 0.15) is 76.2 Å². The van der Waals surface area contributed by atoms with Gasteiger partial charge in [0.2, 0.25) is 0 Å². The summed E-state index contributed by atoms with van der Waals surface area (Å²) in [6, 6.07) is 8.11. The van der Waals surface area contributed by atoms with Gasteiger partial charge in [0, 0.05) is 50.3 Å². The number of thiocarbonyl (C=S) groups is 1. The van der Waals surface area contributed by atoms with Crippen molar-refractivity contribution in [3.63, 3.8) is 0 Å². The zero-order valence-electron chi connectivity index (χ0n) is 21.7. The summed E-state index contributed by atoms with van der Waals surface area (Å²) in [5.41, 5.74) is -0.0159. The number of likely N-dealkylation sites (N-methyl/N-ethyl adjacent to an activating group) is 1. The summed E-state index contributed by atoms with van der Waals surface area (Å²) in [6.45, 7) is 3.33. The number of ether oxygens (including phenoxy) is 1. The van der Waals surface area contributed by atoms with Gasteiger partial charge in [0.1, 0.15) is 0 Å². The van der Waals surface area contributed by atoms with E-state index in [-0.39, 0.29) is 5.92 Å². The zero-order valence-corrected chi connectivity index (χ0v) is 23.3. The van der Waals surface area contributed by atoms with Crippen molar-refractivity contribution in [2.45, 2.75) is 82.3 Å². The molecule has 0 spiro atoms. The van der Waals surface area contributed by atoms with Crippen LogP contribution in [0.2, 0.25) is 5.02 Å². The number of nitrogens with zero attached hydrogens (tertiary/aromatic N) is 1. The number of likely N-dealkylation sites (tertiary alicyclic amines) is 1. The molecular formula is C28H46ClN3O2S. The number of nitrogens with one attached hydrogen (secondary N) is 2. The number of halogens is 1. The summed E-state index contributed by atoms with van der Waals surface area (Å²) in [4.78, 5) is 2.29. The Labute approximate surface area is 223 Å². The van der Waals surface area contributed by atoms with Gasteiger partial charge >= 0.3 is 0 Å². The van der Waals surface area contributed by atoms with E-state index in [0.29, 0.717) is 24.1 Å². The molecular weight excluding hydrogens is 478 g/mol. The summed E-state index contributed by atoms with van der Waals surface area (Å²) in [7, 11) is 3.75. The smallest absolute Gasteiger partial charge is 0.169 e. The molecule has 1 aromatic carbocycles. The van der Waals surface area contributed by atoms with Crippen LogP contribution in [0.3, 0.4) is 0 Å². The van der Waals surface area contributed by atoms with Gasteiger partial charge in [0.25, 0.3) is 0 Å². The Kier molecular flexibility index (Phi) is 12.1. The summed E-state index contributed by atoms with van der Waals surface area (Å²) in [6.07, 6.45) is 12.5. The van der Waals surface area contributed by atoms with Crippen LogP contribution in [0.5, 0.6) is 0 Å². The monoisotopic (exact) mass is 523 g/mol. The Morgan fingerprint density at radius 2 is 2.03 bits per heavy atom. The third kappa shape index (κ3) is 8.57. The van der Waals surface area contributed by atoms with E-state index in [1.54, 1.807) is 7.11 Å². The summed E-state index contributed by atoms with van der Waals surface area (Å²) in [5.74, 6) is 0.893. The molecule has 7 heteroatoms. The fourth-order valence-corrected chi connectivity index (χ4v) is 6.59. The predicted octanol–water partition coefficient (Wildman–Crippen LogP) is 5.49. The molecule has 2 fully saturated rings. The van der Waals surface area contributed by atoms with Gasteiger partial charge in [-0.1, -0.05) is 55.8 Å². The van der Waals surface area contributed by atoms with Crippen molar-refractivity contribution in [3.8, 4) is 0 Å². The van der Waals surface area contributed by atoms with Crippen LogP contribution in [-0.4, -0.2) is 61.6 Å². The first-order valence-electron chi connectivity index (χ1n) is 13.6. The van der Waals surface area contributed by atoms with Crippen LogP contribution in [0.15, 0.2) is 24.3 Å². The standard InChI is InChI=1S/C28H46ClN3O2S/c1-30-20-26(18-22-10-4-3-5-11-22)31-27(35)32-16-9-13-24(21-32)28(33,15-6-7-17-34-2)23-12-8-14-25(29)19-23/h8,12,14,19,22,24,26,30,33H,3-7,9-11,13,15-18,20-21H2,1-2H3,(H,31,35)/t24-,26+,28-/m1/s1. The van der Waals surface area contributed by atoms with Crippen LogP contribution < -0.4 is 10.6 Å². The Balaban J connectivity index is 1.67. The molecule has 3 N–H and O–H groups in total. The molecule has 198 valence electrons. The SMILES string of the molecule is CNC[C@H](CC1CCCCC1)NC(=S)N1CCC[C@@H]([C@@](O)(CCCCOC)c2cccc(Cl)c2)C1. The van der Waals surface area contributed by atoms with Crippen molar-refractivity contribution >= 4 is 28.9 Å². The van der Waals surface area contributed by atoms with Gasteiger partial charge in [-0.05, 0) is 81.4 Å². The first-order chi connectivity index (χ1) is 17.0. The highest BCUT2D eigenvalue weighted by Crippen LogP contribution is 2.40. The quantitative estimate of drug-likeness (QED) is 0.249. The van der Waals surface area contributed by atoms with E-state index in [1.807, 2.05) is 31.3 Å². The molecule has 0 radical (unpaired) electrons. The third-order valence-electron chi connectivity index (χ3n) is 7.99. The summed E-state index contributed by atoms with van der Waals surface area (Å²) >= 11 is 12.3. The topological polar surface area (TPSA) is 56.8 Å². The van der Waals surface area contributed by atoms with Crippen molar-refractivity contribution in [2.75, 3.05) is 40.4 Å². The fourth-order valence-electron chi connectivity index (χ4n) is 6.07. The molecule has 0 unspecified atom stereocenters. The lowest BCUT2D eigenvalue weighted by atomic mass is 9.74. The lowest BCUT2D eigenvalue weighted by molar-refractivity contribution is -0.0540. The van der Waals surface area contributed by atoms with E-state index in [0.717, 1.165) is 61.9 Å². The largest absolute Gasteiger partial charge is 0.385 e. The molecule has 1 heterocycles. The normalized spacial score (nSPS) is 21.9. The maximum absolute atomic E-state index is 12.1. The lowest BCUT2D eigenvalue weighted by Crippen LogP contribution is -2.53. The molecule has 0 bridgehead atoms. The average molecular weight is 524 g/mol. The number of piperidine rings is 1. The molecule has 3 atom stereocenters. The Hall–Kier alpha value is -0.920. The number of aliphatic hydroxyl groups is 1. The second-order valence-electron chi connectivity index (χ2n) is 10.6. The van der Waals surface area contributed by atoms with Gasteiger partial charge < -0.3 is 25.4 Å². The minimum Gasteiger partial charge on any atom is -0.385 e. The number of hydrogen-bond acceptors (Lipinski definition) is 4. The maximum Gasteiger partial charge on any atom is 0.169 e. The minimum atomic E-state index is -0.931. The van der Waals surface area contributed by atoms with Gasteiger partial charge in [-0.3, -0.25) is 0 Å². The van der Waals surface area contributed by atoms with Gasteiger partial charge in [0.15, 0.2) is 5.11 Å². The molecule has 35 heavy (non-hydrogen) atoms. The number of rotatable bonds is 12. The highest BCUT2D eigenvalue weighted by atomic mass is 35.5. The second-order valence-corrected chi connectivity index (χ2v) is 11.4. The highest BCUT2D eigenvalue weighted by molar-refractivity contribution is 7.80. The molecule has 1 aliphatic carbocycles. The summed E-state index contributed by atoms with van der Waals surface area (Å²) < 4.78 is 5.25. The van der Waals surface area contributed by atoms with Crippen LogP contribution >= 0.6 is 23.8 Å². The molecule has 3 rings (SSSR count). The van der Waals surface area contributed by atoms with Crippen LogP contribution in [0.4, 0.5) is 0 Å². The fraction of sp³-hybridized carbons (Fsp3) is 0.750. The van der Waals surface area contributed by atoms with E-state index >= 15 is 0 Å². The molecule has 1 saturated heterocycles. The van der Waals surface area contributed by atoms with E-state index in [9.17, 15) is 5.11 Å². The zero-order chi connectivity index (χ0) is 25.1. The Morgan fingerprint density at radius 1 is 1.23 bits per heavy atom. The second kappa shape index (κ2) is 14.7. The van der Waals surface area contributed by atoms with Crippen molar-refractivity contribution in [1.29, 1.82) is 0 Å². The molecule has 1 aromatic rings. The van der Waals surface area contributed by atoms with E-state index in [1.165, 1.54) is 38.5 Å². The average Bonchev–Trinajstić information content (AvgIpc) is 2.87. The van der Waals surface area contributed by atoms with Crippen LogP contribution in [0, 0.1) is 11.8 Å². The van der Waals surface area contributed by atoms with Crippen LogP contribution in [0.25, 0.3) is 0 Å². The van der Waals surface area contributed by atoms with Gasteiger partial charge in [-0.2, -0.15) is 0 Å². The Bertz CT molecular complexity index is 776. The van der Waals surface area contributed by atoms with Crippen molar-refractivity contribution < 1.29 is 9.84 Å². The van der Waals surface area contributed by atoms with Gasteiger partial charge in [-0.25, -0.2) is 0 Å². The predicted molar refractivity (Wildman–Crippen MR) is 150 cm³/mol. The molecule has 1 saturated carbocycles. The van der Waals surface area contributed by atoms with Crippen molar-refractivity contribution in [1.82, 2.24) is 15.5 Å². The highest BCUT2D eigenvalue weighted by Gasteiger charge is 2.41. The van der Waals surface area contributed by atoms with E-state index in [4.69, 9.17) is 28.6 Å². The van der Waals surface area contributed by atoms with Gasteiger partial charge in [-0.15, -0.1) is 0 Å². The number of hydrogen-bond donors (Lipinski definition) is 3. The number of unbranched alkanes of at least 4 members (excludes halogenated alkanes) is 1. The third-order valence-corrected chi connectivity index (χ3v) is 8.60. The Morgan fingerprint density at radius 3 is 2.74 bits per heavy atom.